The third-order valence-corrected chi connectivity index (χ3v) is 6.91. The van der Waals surface area contributed by atoms with E-state index in [4.69, 9.17) is 4.98 Å². The van der Waals surface area contributed by atoms with E-state index < -0.39 is 0 Å². The maximum absolute atomic E-state index is 13.2. The number of thioether (sulfide) groups is 1. The zero-order chi connectivity index (χ0) is 20.5. The normalized spacial score (nSPS) is 16.2. The highest BCUT2D eigenvalue weighted by molar-refractivity contribution is 7.99. The quantitative estimate of drug-likeness (QED) is 0.445. The van der Waals surface area contributed by atoms with Crippen molar-refractivity contribution in [3.05, 3.63) is 70.5 Å². The summed E-state index contributed by atoms with van der Waals surface area (Å²) in [5.74, 6) is 1.65. The molecule has 0 radical (unpaired) electrons. The zero-order valence-electron chi connectivity index (χ0n) is 16.8. The van der Waals surface area contributed by atoms with Crippen molar-refractivity contribution in [1.82, 2.24) is 14.9 Å². The van der Waals surface area contributed by atoms with Crippen molar-refractivity contribution in [1.29, 1.82) is 0 Å². The molecule has 0 bridgehead atoms. The number of aromatic nitrogens is 2. The molecule has 1 aromatic heterocycles. The lowest BCUT2D eigenvalue weighted by molar-refractivity contribution is -0.119. The van der Waals surface area contributed by atoms with Crippen LogP contribution in [-0.4, -0.2) is 27.3 Å². The minimum atomic E-state index is -0.0683. The molecule has 0 atom stereocenters. The van der Waals surface area contributed by atoms with Gasteiger partial charge in [-0.1, -0.05) is 54.2 Å². The van der Waals surface area contributed by atoms with E-state index >= 15 is 0 Å². The van der Waals surface area contributed by atoms with Gasteiger partial charge >= 0.3 is 0 Å². The summed E-state index contributed by atoms with van der Waals surface area (Å²) in [5.41, 5.74) is 1.63. The molecule has 0 aliphatic heterocycles. The van der Waals surface area contributed by atoms with Gasteiger partial charge in [0.05, 0.1) is 23.2 Å². The third-order valence-electron chi connectivity index (χ3n) is 5.93. The number of amides is 1. The van der Waals surface area contributed by atoms with Gasteiger partial charge in [0.15, 0.2) is 5.16 Å². The lowest BCUT2D eigenvalue weighted by Gasteiger charge is -2.18. The van der Waals surface area contributed by atoms with Gasteiger partial charge in [0.2, 0.25) is 5.91 Å². The molecule has 5 rings (SSSR count). The molecule has 3 aromatic rings. The van der Waals surface area contributed by atoms with Crippen LogP contribution in [0.3, 0.4) is 0 Å². The lowest BCUT2D eigenvalue weighted by Crippen LogP contribution is -2.39. The fourth-order valence-corrected chi connectivity index (χ4v) is 4.86. The van der Waals surface area contributed by atoms with Gasteiger partial charge in [-0.2, -0.15) is 0 Å². The van der Waals surface area contributed by atoms with E-state index in [1.807, 2.05) is 54.6 Å². The first kappa shape index (κ1) is 19.4. The number of hydrogen-bond donors (Lipinski definition) is 1. The summed E-state index contributed by atoms with van der Waals surface area (Å²) in [5, 5.41) is 4.45. The first-order valence-corrected chi connectivity index (χ1v) is 11.6. The van der Waals surface area contributed by atoms with E-state index in [2.05, 4.69) is 5.32 Å². The van der Waals surface area contributed by atoms with Crippen molar-refractivity contribution < 1.29 is 4.79 Å². The second kappa shape index (κ2) is 8.26. The van der Waals surface area contributed by atoms with Crippen LogP contribution in [0, 0.1) is 11.8 Å². The van der Waals surface area contributed by atoms with Crippen LogP contribution in [0.25, 0.3) is 10.9 Å². The van der Waals surface area contributed by atoms with Gasteiger partial charge in [0.1, 0.15) is 0 Å². The number of carbonyl (C=O) groups is 1. The predicted molar refractivity (Wildman–Crippen MR) is 120 cm³/mol. The number of carbonyl (C=O) groups excluding carboxylic acids is 1. The fraction of sp³-hybridized carbons (Fsp3) is 0.375. The summed E-state index contributed by atoms with van der Waals surface area (Å²) in [6.07, 6.45) is 4.93. The average molecular weight is 420 g/mol. The molecule has 2 aliphatic rings. The Morgan fingerprint density at radius 3 is 2.40 bits per heavy atom. The lowest BCUT2D eigenvalue weighted by atomic mass is 10.1. The largest absolute Gasteiger partial charge is 0.352 e. The highest BCUT2D eigenvalue weighted by atomic mass is 32.2. The molecular weight excluding hydrogens is 394 g/mol. The molecule has 1 amide bonds. The van der Waals surface area contributed by atoms with Crippen LogP contribution >= 0.6 is 11.8 Å². The second-order valence-corrected chi connectivity index (χ2v) is 9.29. The van der Waals surface area contributed by atoms with Gasteiger partial charge in [-0.25, -0.2) is 4.98 Å². The van der Waals surface area contributed by atoms with Crippen molar-refractivity contribution in [3.63, 3.8) is 0 Å². The van der Waals surface area contributed by atoms with E-state index in [0.717, 1.165) is 5.56 Å². The summed E-state index contributed by atoms with van der Waals surface area (Å²) < 4.78 is 1.69. The smallest absolute Gasteiger partial charge is 0.262 e. The summed E-state index contributed by atoms with van der Waals surface area (Å²) in [4.78, 5) is 30.6. The third kappa shape index (κ3) is 4.29. The predicted octanol–water partition coefficient (Wildman–Crippen LogP) is 3.84. The average Bonchev–Trinajstić information content (AvgIpc) is 3.67. The van der Waals surface area contributed by atoms with Crippen LogP contribution in [0.2, 0.25) is 0 Å². The summed E-state index contributed by atoms with van der Waals surface area (Å²) in [6.45, 7) is 0.439. The molecule has 154 valence electrons. The fourth-order valence-electron chi connectivity index (χ4n) is 4.05. The number of benzene rings is 2. The molecule has 0 unspecified atom stereocenters. The summed E-state index contributed by atoms with van der Waals surface area (Å²) >= 11 is 1.35. The van der Waals surface area contributed by atoms with Crippen LogP contribution < -0.4 is 10.9 Å². The molecule has 2 fully saturated rings. The maximum Gasteiger partial charge on any atom is 0.262 e. The van der Waals surface area contributed by atoms with E-state index in [0.29, 0.717) is 40.5 Å². The van der Waals surface area contributed by atoms with Crippen LogP contribution in [0.4, 0.5) is 0 Å². The van der Waals surface area contributed by atoms with Gasteiger partial charge in [-0.3, -0.25) is 14.2 Å². The van der Waals surface area contributed by atoms with Crippen molar-refractivity contribution >= 4 is 28.6 Å². The summed E-state index contributed by atoms with van der Waals surface area (Å²) in [7, 11) is 0. The van der Waals surface area contributed by atoms with Crippen molar-refractivity contribution in [2.75, 3.05) is 5.75 Å². The topological polar surface area (TPSA) is 64.0 Å². The number of fused-ring (bicyclic) bond motifs is 1. The maximum atomic E-state index is 13.2. The van der Waals surface area contributed by atoms with Gasteiger partial charge < -0.3 is 5.32 Å². The number of para-hydroxylation sites is 1. The molecule has 0 spiro atoms. The van der Waals surface area contributed by atoms with E-state index in [-0.39, 0.29) is 17.2 Å². The minimum absolute atomic E-state index is 0.0393. The molecule has 2 aliphatic carbocycles. The molecule has 2 saturated carbocycles. The monoisotopic (exact) mass is 419 g/mol. The first-order valence-electron chi connectivity index (χ1n) is 10.6. The number of rotatable bonds is 8. The first-order chi connectivity index (χ1) is 14.7. The molecule has 1 N–H and O–H groups in total. The molecule has 2 aromatic carbocycles. The van der Waals surface area contributed by atoms with E-state index in [1.165, 1.54) is 37.4 Å². The second-order valence-electron chi connectivity index (χ2n) is 8.35. The zero-order valence-corrected chi connectivity index (χ0v) is 17.6. The molecule has 30 heavy (non-hydrogen) atoms. The number of hydrogen-bond acceptors (Lipinski definition) is 4. The Balaban J connectivity index is 1.38. The standard InChI is InChI=1S/C24H25N3O2S/c28-21(26-22(17-10-11-17)18-12-13-18)15-30-24-25-20-9-5-4-8-19(20)23(29)27(24)14-16-6-2-1-3-7-16/h1-9,17-18,22H,10-15H2,(H,26,28). The highest BCUT2D eigenvalue weighted by Gasteiger charge is 2.42. The van der Waals surface area contributed by atoms with Gasteiger partial charge in [0, 0.05) is 6.04 Å². The Hall–Kier alpha value is -2.60. The van der Waals surface area contributed by atoms with Crippen LogP contribution in [0.5, 0.6) is 0 Å². The number of nitrogens with one attached hydrogen (secondary N) is 1. The SMILES string of the molecule is O=C(CSc1nc2ccccc2c(=O)n1Cc1ccccc1)NC(C1CC1)C1CC1. The molecule has 1 heterocycles. The van der Waals surface area contributed by atoms with Gasteiger partial charge in [-0.15, -0.1) is 0 Å². The van der Waals surface area contributed by atoms with Crippen molar-refractivity contribution in [2.24, 2.45) is 11.8 Å². The molecule has 5 nitrogen and oxygen atoms in total. The Kier molecular flexibility index (Phi) is 5.34. The Morgan fingerprint density at radius 1 is 1.03 bits per heavy atom. The van der Waals surface area contributed by atoms with Crippen molar-refractivity contribution in [3.8, 4) is 0 Å². The van der Waals surface area contributed by atoms with Crippen molar-refractivity contribution in [2.45, 2.75) is 43.4 Å². The Bertz CT molecular complexity index is 1110. The van der Waals surface area contributed by atoms with Gasteiger partial charge in [-0.05, 0) is 55.2 Å². The van der Waals surface area contributed by atoms with Crippen LogP contribution in [0.1, 0.15) is 31.2 Å². The Morgan fingerprint density at radius 2 is 1.70 bits per heavy atom. The van der Waals surface area contributed by atoms with E-state index in [1.54, 1.807) is 4.57 Å². The minimum Gasteiger partial charge on any atom is -0.352 e. The van der Waals surface area contributed by atoms with E-state index in [9.17, 15) is 9.59 Å². The molecule has 6 heteroatoms. The highest BCUT2D eigenvalue weighted by Crippen LogP contribution is 2.44. The van der Waals surface area contributed by atoms with Gasteiger partial charge in [0.25, 0.3) is 5.56 Å². The summed E-state index contributed by atoms with van der Waals surface area (Å²) in [6, 6.07) is 17.6. The molecule has 0 saturated heterocycles. The molecular formula is C24H25N3O2S. The Labute approximate surface area is 179 Å². The number of nitrogens with zero attached hydrogens (tertiary/aromatic N) is 2. The van der Waals surface area contributed by atoms with Crippen LogP contribution in [0.15, 0.2) is 64.5 Å². The van der Waals surface area contributed by atoms with Crippen LogP contribution in [-0.2, 0) is 11.3 Å².